The Bertz CT molecular complexity index is 904. The number of rotatable bonds is 17. The summed E-state index contributed by atoms with van der Waals surface area (Å²) in [6.45, 7) is 5.16. The van der Waals surface area contributed by atoms with E-state index in [4.69, 9.17) is 33.2 Å². The minimum Gasteiger partial charge on any atom is -0.394 e. The first kappa shape index (κ1) is 41.1. The Hall–Kier alpha value is -0.290. The number of unbranched alkanes of at least 4 members (excludes halogenated alkanes) is 2. The van der Waals surface area contributed by atoms with Crippen molar-refractivity contribution in [2.45, 2.75) is 157 Å². The Morgan fingerprint density at radius 1 is 0.660 bits per heavy atom. The molecule has 278 valence electrons. The average Bonchev–Trinajstić information content (AvgIpc) is 3.04. The van der Waals surface area contributed by atoms with Gasteiger partial charge in [-0.3, -0.25) is 0 Å². The molecular weight excluding hydrogens is 648 g/mol. The molecule has 3 heterocycles. The van der Waals surface area contributed by atoms with Crippen LogP contribution < -0.4 is 0 Å². The summed E-state index contributed by atoms with van der Waals surface area (Å²) in [6, 6.07) is 0. The molecule has 0 amide bonds. The first-order valence-electron chi connectivity index (χ1n) is 16.3. The van der Waals surface area contributed by atoms with Gasteiger partial charge >= 0.3 is 0 Å². The van der Waals surface area contributed by atoms with Crippen LogP contribution >= 0.6 is 12.6 Å². The number of aliphatic hydroxyl groups excluding tert-OH is 9. The SMILES string of the molecule is CCC(C)OC1C(O)[C@H](O)C(CO)O[C@@H]1OC1C(O)[C@@H](OC2C(O)[C@@H](C(C)(C)OCCCCCS)OC(CO)[C@H]2O)OC(CO)[C@H]1O. The van der Waals surface area contributed by atoms with Crippen LogP contribution in [0.1, 0.15) is 53.4 Å². The second kappa shape index (κ2) is 18.8. The Balaban J connectivity index is 1.83. The molecule has 47 heavy (non-hydrogen) atoms. The van der Waals surface area contributed by atoms with Crippen LogP contribution in [-0.2, 0) is 33.2 Å². The lowest BCUT2D eigenvalue weighted by Crippen LogP contribution is -2.68. The monoisotopic (exact) mass is 704 g/mol. The highest BCUT2D eigenvalue weighted by Crippen LogP contribution is 2.36. The molecule has 0 saturated carbocycles. The van der Waals surface area contributed by atoms with Gasteiger partial charge in [0.25, 0.3) is 0 Å². The predicted octanol–water partition coefficient (Wildman–Crippen LogP) is -2.80. The molecule has 0 bridgehead atoms. The minimum absolute atomic E-state index is 0.346. The van der Waals surface area contributed by atoms with Crippen molar-refractivity contribution < 1.29 is 79.1 Å². The quantitative estimate of drug-likeness (QED) is 0.0543. The molecular formula is C30H56O16S. The zero-order valence-electron chi connectivity index (χ0n) is 27.4. The maximum absolute atomic E-state index is 11.4. The van der Waals surface area contributed by atoms with Gasteiger partial charge in [0.15, 0.2) is 12.6 Å². The van der Waals surface area contributed by atoms with Crippen molar-refractivity contribution in [2.75, 3.05) is 32.2 Å². The topological polar surface area (TPSA) is 247 Å². The van der Waals surface area contributed by atoms with E-state index in [9.17, 15) is 46.0 Å². The highest BCUT2D eigenvalue weighted by atomic mass is 32.1. The van der Waals surface area contributed by atoms with Gasteiger partial charge in [0.2, 0.25) is 0 Å². The van der Waals surface area contributed by atoms with Crippen molar-refractivity contribution in [3.63, 3.8) is 0 Å². The molecule has 16 nitrogen and oxygen atoms in total. The zero-order chi connectivity index (χ0) is 35.1. The summed E-state index contributed by atoms with van der Waals surface area (Å²) in [7, 11) is 0. The standard InChI is InChI=1S/C30H56O16S/c1-5-14(2)41-26-21(37)18(34)15(11-31)44-29(26)46-25-20(36)17(13-33)43-28(23(25)39)45-24-19(35)16(12-32)42-27(22(24)38)30(3,4)40-9-7-6-8-10-47/h14-29,31-39,47H,5-13H2,1-4H3/t14?,15?,16?,17?,18-,19-,20-,21?,22?,23?,24?,25?,26?,27+,28-,29-/m1/s1. The van der Waals surface area contributed by atoms with Gasteiger partial charge in [0, 0.05) is 6.61 Å². The molecule has 17 heteroatoms. The highest BCUT2D eigenvalue weighted by molar-refractivity contribution is 7.80. The fourth-order valence-corrected chi connectivity index (χ4v) is 6.17. The first-order chi connectivity index (χ1) is 22.3. The molecule has 0 aliphatic carbocycles. The van der Waals surface area contributed by atoms with E-state index in [1.54, 1.807) is 20.8 Å². The number of thiol groups is 1. The second-order valence-corrected chi connectivity index (χ2v) is 13.4. The van der Waals surface area contributed by atoms with Crippen LogP contribution in [0, 0.1) is 0 Å². The number of aliphatic hydroxyl groups is 9. The Morgan fingerprint density at radius 3 is 1.77 bits per heavy atom. The highest BCUT2D eigenvalue weighted by Gasteiger charge is 2.56. The normalized spacial score (nSPS) is 42.4. The van der Waals surface area contributed by atoms with Gasteiger partial charge in [-0.2, -0.15) is 12.6 Å². The maximum Gasteiger partial charge on any atom is 0.187 e. The first-order valence-corrected chi connectivity index (χ1v) is 17.0. The fourth-order valence-electron chi connectivity index (χ4n) is 5.94. The van der Waals surface area contributed by atoms with Gasteiger partial charge < -0.3 is 79.1 Å². The van der Waals surface area contributed by atoms with Gasteiger partial charge in [-0.1, -0.05) is 13.3 Å². The average molecular weight is 705 g/mol. The second-order valence-electron chi connectivity index (χ2n) is 12.9. The van der Waals surface area contributed by atoms with Crippen LogP contribution in [0.2, 0.25) is 0 Å². The lowest BCUT2D eigenvalue weighted by Gasteiger charge is -2.50. The lowest BCUT2D eigenvalue weighted by atomic mass is 9.86. The summed E-state index contributed by atoms with van der Waals surface area (Å²) in [5.74, 6) is 0.743. The van der Waals surface area contributed by atoms with E-state index in [1.807, 2.05) is 6.92 Å². The van der Waals surface area contributed by atoms with Gasteiger partial charge in [-0.05, 0) is 45.8 Å². The van der Waals surface area contributed by atoms with E-state index in [2.05, 4.69) is 12.6 Å². The molecule has 3 aliphatic rings. The predicted molar refractivity (Wildman–Crippen MR) is 165 cm³/mol. The molecule has 9 N–H and O–H groups in total. The molecule has 3 rings (SSSR count). The van der Waals surface area contributed by atoms with Gasteiger partial charge in [-0.25, -0.2) is 0 Å². The molecule has 0 aromatic carbocycles. The molecule has 0 spiro atoms. The molecule has 10 unspecified atom stereocenters. The van der Waals surface area contributed by atoms with Crippen molar-refractivity contribution in [1.29, 1.82) is 0 Å². The third-order valence-electron chi connectivity index (χ3n) is 9.02. The summed E-state index contributed by atoms with van der Waals surface area (Å²) in [4.78, 5) is 0. The van der Waals surface area contributed by atoms with Crippen molar-refractivity contribution in [1.82, 2.24) is 0 Å². The van der Waals surface area contributed by atoms with Crippen LogP contribution in [0.4, 0.5) is 0 Å². The summed E-state index contributed by atoms with van der Waals surface area (Å²) < 4.78 is 40.9. The van der Waals surface area contributed by atoms with Crippen LogP contribution in [-0.4, -0.2) is 182 Å². The molecule has 0 radical (unpaired) electrons. The van der Waals surface area contributed by atoms with Crippen LogP contribution in [0.15, 0.2) is 0 Å². The van der Waals surface area contributed by atoms with Crippen molar-refractivity contribution in [3.05, 3.63) is 0 Å². The zero-order valence-corrected chi connectivity index (χ0v) is 28.3. The smallest absolute Gasteiger partial charge is 0.187 e. The molecule has 3 aliphatic heterocycles. The molecule has 3 saturated heterocycles. The minimum atomic E-state index is -1.85. The Kier molecular flexibility index (Phi) is 16.5. The van der Waals surface area contributed by atoms with Crippen LogP contribution in [0.25, 0.3) is 0 Å². The van der Waals surface area contributed by atoms with E-state index < -0.39 is 123 Å². The van der Waals surface area contributed by atoms with E-state index in [0.717, 1.165) is 25.0 Å². The van der Waals surface area contributed by atoms with Gasteiger partial charge in [0.05, 0.1) is 31.5 Å². The number of ether oxygens (including phenoxy) is 7. The van der Waals surface area contributed by atoms with Crippen molar-refractivity contribution >= 4 is 12.6 Å². The summed E-state index contributed by atoms with van der Waals surface area (Å²) >= 11 is 4.20. The van der Waals surface area contributed by atoms with Gasteiger partial charge in [-0.15, -0.1) is 0 Å². The number of hydrogen-bond acceptors (Lipinski definition) is 17. The molecule has 16 atom stereocenters. The van der Waals surface area contributed by atoms with E-state index in [1.165, 1.54) is 0 Å². The summed E-state index contributed by atoms with van der Waals surface area (Å²) in [5.41, 5.74) is -1.12. The van der Waals surface area contributed by atoms with Crippen molar-refractivity contribution in [2.24, 2.45) is 0 Å². The van der Waals surface area contributed by atoms with Crippen LogP contribution in [0.3, 0.4) is 0 Å². The van der Waals surface area contributed by atoms with E-state index in [0.29, 0.717) is 13.0 Å². The summed E-state index contributed by atoms with van der Waals surface area (Å²) in [6.07, 6.45) is -19.9. The third-order valence-corrected chi connectivity index (χ3v) is 9.34. The molecule has 0 aromatic rings. The van der Waals surface area contributed by atoms with Crippen LogP contribution in [0.5, 0.6) is 0 Å². The number of hydrogen-bond donors (Lipinski definition) is 10. The fraction of sp³-hybridized carbons (Fsp3) is 1.00. The summed E-state index contributed by atoms with van der Waals surface area (Å²) in [5, 5.41) is 95.8. The molecule has 3 fully saturated rings. The van der Waals surface area contributed by atoms with Gasteiger partial charge in [0.1, 0.15) is 79.4 Å². The Labute approximate surface area is 280 Å². The largest absolute Gasteiger partial charge is 0.394 e. The van der Waals surface area contributed by atoms with Crippen molar-refractivity contribution in [3.8, 4) is 0 Å². The lowest BCUT2D eigenvalue weighted by molar-refractivity contribution is -0.380. The van der Waals surface area contributed by atoms with E-state index in [-0.39, 0.29) is 0 Å². The maximum atomic E-state index is 11.4. The Morgan fingerprint density at radius 2 is 1.19 bits per heavy atom. The third kappa shape index (κ3) is 9.94. The van der Waals surface area contributed by atoms with E-state index >= 15 is 0 Å². The molecule has 0 aromatic heterocycles.